The fraction of sp³-hybridized carbons (Fsp3) is 0.0833. The third-order valence-corrected chi connectivity index (χ3v) is 2.81. The summed E-state index contributed by atoms with van der Waals surface area (Å²) in [6, 6.07) is 8.29. The molecule has 1 heterocycles. The van der Waals surface area contributed by atoms with Crippen molar-refractivity contribution in [2.24, 2.45) is 0 Å². The molecule has 1 aromatic carbocycles. The molecule has 0 aliphatic rings. The highest BCUT2D eigenvalue weighted by atomic mass is 79.9. The van der Waals surface area contributed by atoms with Gasteiger partial charge in [-0.05, 0) is 18.2 Å². The summed E-state index contributed by atoms with van der Waals surface area (Å²) < 4.78 is 1.96. The van der Waals surface area contributed by atoms with Crippen molar-refractivity contribution in [1.82, 2.24) is 9.55 Å². The number of carbonyl (C=O) groups excluding carboxylic acids is 1. The van der Waals surface area contributed by atoms with Gasteiger partial charge in [0.05, 0.1) is 0 Å². The molecule has 0 saturated heterocycles. The van der Waals surface area contributed by atoms with Crippen LogP contribution in [0.4, 0.5) is 5.69 Å². The largest absolute Gasteiger partial charge is 0.328 e. The van der Waals surface area contributed by atoms with Gasteiger partial charge in [-0.1, -0.05) is 22.0 Å². The second kappa shape index (κ2) is 5.66. The van der Waals surface area contributed by atoms with Crippen molar-refractivity contribution in [2.75, 3.05) is 5.32 Å². The number of anilines is 1. The van der Waals surface area contributed by atoms with Crippen molar-refractivity contribution in [3.05, 3.63) is 61.8 Å². The molecule has 0 atom stereocenters. The minimum atomic E-state index is -0.614. The maximum atomic E-state index is 11.8. The number of amides is 1. The normalized spacial score (nSPS) is 10.2. The van der Waals surface area contributed by atoms with E-state index in [0.717, 1.165) is 9.04 Å². The molecule has 7 heteroatoms. The minimum absolute atomic E-state index is 0.165. The van der Waals surface area contributed by atoms with E-state index in [1.165, 1.54) is 12.3 Å². The Morgan fingerprint density at radius 1 is 1.32 bits per heavy atom. The quantitative estimate of drug-likeness (QED) is 0.881. The third kappa shape index (κ3) is 3.65. The van der Waals surface area contributed by atoms with Gasteiger partial charge in [-0.3, -0.25) is 19.1 Å². The van der Waals surface area contributed by atoms with Gasteiger partial charge in [0.25, 0.3) is 5.56 Å². The van der Waals surface area contributed by atoms with E-state index in [9.17, 15) is 14.4 Å². The first kappa shape index (κ1) is 13.3. The number of aromatic amines is 1. The average molecular weight is 324 g/mol. The maximum Gasteiger partial charge on any atom is 0.328 e. The van der Waals surface area contributed by atoms with E-state index < -0.39 is 11.2 Å². The molecule has 2 N–H and O–H groups in total. The second-order valence-corrected chi connectivity index (χ2v) is 4.71. The minimum Gasteiger partial charge on any atom is -0.324 e. The molecule has 2 aromatic rings. The second-order valence-electron chi connectivity index (χ2n) is 3.80. The van der Waals surface area contributed by atoms with Crippen LogP contribution in [-0.2, 0) is 11.3 Å². The van der Waals surface area contributed by atoms with Crippen molar-refractivity contribution < 1.29 is 4.79 Å². The molecular formula is C12H10BrN3O3. The molecule has 0 spiro atoms. The van der Waals surface area contributed by atoms with Crippen LogP contribution in [0.25, 0.3) is 0 Å². The first-order chi connectivity index (χ1) is 9.04. The van der Waals surface area contributed by atoms with Gasteiger partial charge in [0, 0.05) is 22.4 Å². The monoisotopic (exact) mass is 323 g/mol. The molecule has 0 fully saturated rings. The standard InChI is InChI=1S/C12H10BrN3O3/c13-8-2-1-3-9(6-8)14-11(18)7-16-5-4-10(17)15-12(16)19/h1-6H,7H2,(H,14,18)(H,15,17,19). The summed E-state index contributed by atoms with van der Waals surface area (Å²) in [5.74, 6) is -0.354. The summed E-state index contributed by atoms with van der Waals surface area (Å²) in [6.07, 6.45) is 1.28. The third-order valence-electron chi connectivity index (χ3n) is 2.32. The van der Waals surface area contributed by atoms with E-state index in [1.807, 2.05) is 6.07 Å². The van der Waals surface area contributed by atoms with E-state index in [2.05, 4.69) is 26.2 Å². The van der Waals surface area contributed by atoms with E-state index >= 15 is 0 Å². The molecule has 6 nitrogen and oxygen atoms in total. The van der Waals surface area contributed by atoms with Crippen LogP contribution < -0.4 is 16.6 Å². The number of hydrogen-bond acceptors (Lipinski definition) is 3. The molecule has 0 aliphatic heterocycles. The molecule has 19 heavy (non-hydrogen) atoms. The van der Waals surface area contributed by atoms with Gasteiger partial charge in [-0.2, -0.15) is 0 Å². The number of nitrogens with zero attached hydrogens (tertiary/aromatic N) is 1. The number of rotatable bonds is 3. The zero-order chi connectivity index (χ0) is 13.8. The van der Waals surface area contributed by atoms with E-state index in [0.29, 0.717) is 5.69 Å². The van der Waals surface area contributed by atoms with Crippen LogP contribution in [0.1, 0.15) is 0 Å². The Bertz CT molecular complexity index is 720. The van der Waals surface area contributed by atoms with Gasteiger partial charge in [0.15, 0.2) is 0 Å². The Labute approximate surface area is 116 Å². The Hall–Kier alpha value is -2.15. The number of hydrogen-bond donors (Lipinski definition) is 2. The van der Waals surface area contributed by atoms with E-state index in [4.69, 9.17) is 0 Å². The van der Waals surface area contributed by atoms with Crippen LogP contribution in [0.15, 0.2) is 50.6 Å². The van der Waals surface area contributed by atoms with Crippen LogP contribution in [0.2, 0.25) is 0 Å². The van der Waals surface area contributed by atoms with Gasteiger partial charge in [-0.25, -0.2) is 4.79 Å². The summed E-state index contributed by atoms with van der Waals surface area (Å²) in [7, 11) is 0. The fourth-order valence-electron chi connectivity index (χ4n) is 1.49. The van der Waals surface area contributed by atoms with Crippen LogP contribution in [-0.4, -0.2) is 15.5 Å². The summed E-state index contributed by atoms with van der Waals surface area (Å²) in [4.78, 5) is 36.1. The molecule has 98 valence electrons. The lowest BCUT2D eigenvalue weighted by Crippen LogP contribution is -2.32. The predicted octanol–water partition coefficient (Wildman–Crippen LogP) is 0.938. The van der Waals surface area contributed by atoms with Gasteiger partial charge in [-0.15, -0.1) is 0 Å². The summed E-state index contributed by atoms with van der Waals surface area (Å²) in [6.45, 7) is -0.165. The lowest BCUT2D eigenvalue weighted by molar-refractivity contribution is -0.116. The van der Waals surface area contributed by atoms with Gasteiger partial charge in [0.1, 0.15) is 6.54 Å². The first-order valence-electron chi connectivity index (χ1n) is 5.40. The number of aromatic nitrogens is 2. The number of H-pyrrole nitrogens is 1. The first-order valence-corrected chi connectivity index (χ1v) is 6.19. The highest BCUT2D eigenvalue weighted by Crippen LogP contribution is 2.15. The summed E-state index contributed by atoms with van der Waals surface area (Å²) >= 11 is 3.29. The van der Waals surface area contributed by atoms with Crippen molar-refractivity contribution in [1.29, 1.82) is 0 Å². The van der Waals surface area contributed by atoms with Gasteiger partial charge in [0.2, 0.25) is 5.91 Å². The number of benzene rings is 1. The smallest absolute Gasteiger partial charge is 0.324 e. The van der Waals surface area contributed by atoms with Crippen LogP contribution in [0.5, 0.6) is 0 Å². The molecule has 1 amide bonds. The molecule has 0 radical (unpaired) electrons. The maximum absolute atomic E-state index is 11.8. The zero-order valence-electron chi connectivity index (χ0n) is 9.72. The average Bonchev–Trinajstić information content (AvgIpc) is 2.33. The SMILES string of the molecule is O=C(Cn1ccc(=O)[nH]c1=O)Nc1cccc(Br)c1. The highest BCUT2D eigenvalue weighted by molar-refractivity contribution is 9.10. The molecule has 2 rings (SSSR count). The van der Waals surface area contributed by atoms with Gasteiger partial charge < -0.3 is 5.32 Å². The van der Waals surface area contributed by atoms with Crippen LogP contribution in [0, 0.1) is 0 Å². The number of carbonyl (C=O) groups is 1. The highest BCUT2D eigenvalue weighted by Gasteiger charge is 2.05. The number of nitrogens with one attached hydrogen (secondary N) is 2. The van der Waals surface area contributed by atoms with Crippen LogP contribution in [0.3, 0.4) is 0 Å². The topological polar surface area (TPSA) is 84.0 Å². The van der Waals surface area contributed by atoms with Gasteiger partial charge >= 0.3 is 5.69 Å². The molecule has 1 aromatic heterocycles. The van der Waals surface area contributed by atoms with Crippen molar-refractivity contribution in [3.63, 3.8) is 0 Å². The Kier molecular flexibility index (Phi) is 3.96. The Morgan fingerprint density at radius 3 is 2.79 bits per heavy atom. The molecule has 0 saturated carbocycles. The Morgan fingerprint density at radius 2 is 2.11 bits per heavy atom. The molecular weight excluding hydrogens is 314 g/mol. The fourth-order valence-corrected chi connectivity index (χ4v) is 1.89. The molecule has 0 aliphatic carbocycles. The zero-order valence-corrected chi connectivity index (χ0v) is 11.3. The van der Waals surface area contributed by atoms with Crippen LogP contribution >= 0.6 is 15.9 Å². The van der Waals surface area contributed by atoms with Crippen molar-refractivity contribution >= 4 is 27.5 Å². The summed E-state index contributed by atoms with van der Waals surface area (Å²) in [5, 5.41) is 2.65. The van der Waals surface area contributed by atoms with E-state index in [1.54, 1.807) is 18.2 Å². The van der Waals surface area contributed by atoms with E-state index in [-0.39, 0.29) is 12.5 Å². The Balaban J connectivity index is 2.09. The predicted molar refractivity (Wildman–Crippen MR) is 74.1 cm³/mol. The molecule has 0 unspecified atom stereocenters. The number of halogens is 1. The lowest BCUT2D eigenvalue weighted by atomic mass is 10.3. The lowest BCUT2D eigenvalue weighted by Gasteiger charge is -2.06. The molecule has 0 bridgehead atoms. The van der Waals surface area contributed by atoms with Crippen molar-refractivity contribution in [2.45, 2.75) is 6.54 Å². The van der Waals surface area contributed by atoms with Crippen molar-refractivity contribution in [3.8, 4) is 0 Å². The summed E-state index contributed by atoms with van der Waals surface area (Å²) in [5.41, 5.74) is -0.484.